The average Bonchev–Trinajstić information content (AvgIpc) is 2.43. The maximum absolute atomic E-state index is 11.9. The highest BCUT2D eigenvalue weighted by molar-refractivity contribution is 5.82. The lowest BCUT2D eigenvalue weighted by molar-refractivity contribution is -0.121. The Morgan fingerprint density at radius 3 is 2.81 bits per heavy atom. The number of carbonyl (C=O) groups excluding carboxylic acids is 2. The fourth-order valence-corrected chi connectivity index (χ4v) is 2.53. The first-order valence-corrected chi connectivity index (χ1v) is 7.21. The first kappa shape index (κ1) is 15.2. The molecule has 6 nitrogen and oxygen atoms in total. The number of nitrogens with zero attached hydrogens (tertiary/aromatic N) is 1. The van der Waals surface area contributed by atoms with Crippen molar-refractivity contribution in [2.75, 3.05) is 36.8 Å². The van der Waals surface area contributed by atoms with E-state index in [0.29, 0.717) is 19.6 Å². The number of hydrogen-bond acceptors (Lipinski definition) is 4. The summed E-state index contributed by atoms with van der Waals surface area (Å²) in [6.45, 7) is 3.56. The molecule has 0 aliphatic carbocycles. The third-order valence-electron chi connectivity index (χ3n) is 3.47. The molecule has 2 amide bonds. The number of aryl methyl sites for hydroxylation is 1. The number of benzene rings is 1. The van der Waals surface area contributed by atoms with Gasteiger partial charge in [-0.15, -0.1) is 0 Å². The van der Waals surface area contributed by atoms with E-state index in [1.807, 2.05) is 18.2 Å². The zero-order valence-electron chi connectivity index (χ0n) is 12.3. The lowest BCUT2D eigenvalue weighted by Crippen LogP contribution is -2.42. The summed E-state index contributed by atoms with van der Waals surface area (Å²) in [6, 6.07) is 5.83. The fourth-order valence-electron chi connectivity index (χ4n) is 2.53. The van der Waals surface area contributed by atoms with E-state index in [4.69, 9.17) is 5.73 Å². The Hall–Kier alpha value is -2.24. The summed E-state index contributed by atoms with van der Waals surface area (Å²) in [6.07, 6.45) is 2.02. The molecule has 6 heteroatoms. The summed E-state index contributed by atoms with van der Waals surface area (Å²) >= 11 is 0. The van der Waals surface area contributed by atoms with Crippen LogP contribution in [0.4, 0.5) is 11.4 Å². The number of anilines is 2. The van der Waals surface area contributed by atoms with Gasteiger partial charge in [-0.05, 0) is 36.6 Å². The summed E-state index contributed by atoms with van der Waals surface area (Å²) < 4.78 is 0. The van der Waals surface area contributed by atoms with Crippen molar-refractivity contribution in [2.45, 2.75) is 19.8 Å². The molecule has 0 aromatic heterocycles. The number of rotatable bonds is 5. The van der Waals surface area contributed by atoms with Crippen molar-refractivity contribution >= 4 is 23.2 Å². The van der Waals surface area contributed by atoms with Crippen molar-refractivity contribution in [3.8, 4) is 0 Å². The molecule has 0 saturated heterocycles. The van der Waals surface area contributed by atoms with E-state index in [1.165, 1.54) is 12.5 Å². The van der Waals surface area contributed by atoms with Crippen molar-refractivity contribution in [1.29, 1.82) is 0 Å². The van der Waals surface area contributed by atoms with E-state index < -0.39 is 0 Å². The van der Waals surface area contributed by atoms with Crippen LogP contribution < -0.4 is 21.3 Å². The van der Waals surface area contributed by atoms with Gasteiger partial charge in [0.2, 0.25) is 11.8 Å². The molecule has 0 unspecified atom stereocenters. The third-order valence-corrected chi connectivity index (χ3v) is 3.47. The predicted octanol–water partition coefficient (Wildman–Crippen LogP) is 0.274. The molecule has 1 aliphatic heterocycles. The molecule has 2 rings (SSSR count). The molecule has 1 aromatic rings. The average molecular weight is 290 g/mol. The molecule has 21 heavy (non-hydrogen) atoms. The highest BCUT2D eigenvalue weighted by Crippen LogP contribution is 2.28. The second-order valence-electron chi connectivity index (χ2n) is 5.25. The SMILES string of the molecule is CC(=O)NCCNC(=O)CN1CCCc2cc(N)ccc21. The zero-order valence-corrected chi connectivity index (χ0v) is 12.3. The molecule has 0 atom stereocenters. The van der Waals surface area contributed by atoms with Crippen LogP contribution in [0, 0.1) is 0 Å². The van der Waals surface area contributed by atoms with E-state index in [1.54, 1.807) is 0 Å². The summed E-state index contributed by atoms with van der Waals surface area (Å²) in [5.41, 5.74) is 8.85. The molecular formula is C15H22N4O2. The smallest absolute Gasteiger partial charge is 0.239 e. The zero-order chi connectivity index (χ0) is 15.2. The number of nitrogens with one attached hydrogen (secondary N) is 2. The van der Waals surface area contributed by atoms with Gasteiger partial charge in [0, 0.05) is 37.9 Å². The van der Waals surface area contributed by atoms with Gasteiger partial charge in [-0.25, -0.2) is 0 Å². The van der Waals surface area contributed by atoms with Crippen molar-refractivity contribution in [3.63, 3.8) is 0 Å². The highest BCUT2D eigenvalue weighted by atomic mass is 16.2. The van der Waals surface area contributed by atoms with Crippen LogP contribution in [0.3, 0.4) is 0 Å². The van der Waals surface area contributed by atoms with Gasteiger partial charge in [-0.3, -0.25) is 9.59 Å². The molecule has 1 heterocycles. The maximum atomic E-state index is 11.9. The van der Waals surface area contributed by atoms with E-state index in [-0.39, 0.29) is 11.8 Å². The Morgan fingerprint density at radius 2 is 2.05 bits per heavy atom. The quantitative estimate of drug-likeness (QED) is 0.537. The fraction of sp³-hybridized carbons (Fsp3) is 0.467. The molecule has 0 bridgehead atoms. The van der Waals surface area contributed by atoms with Crippen LogP contribution in [0.5, 0.6) is 0 Å². The molecule has 1 aliphatic rings. The molecule has 114 valence electrons. The number of fused-ring (bicyclic) bond motifs is 1. The van der Waals surface area contributed by atoms with Crippen LogP contribution in [0.15, 0.2) is 18.2 Å². The minimum absolute atomic E-state index is 0.0370. The Labute approximate surface area is 124 Å². The molecule has 0 saturated carbocycles. The summed E-state index contributed by atoms with van der Waals surface area (Å²) in [7, 11) is 0. The van der Waals surface area contributed by atoms with Gasteiger partial charge in [0.1, 0.15) is 0 Å². The molecule has 0 fully saturated rings. The Balaban J connectivity index is 1.86. The number of carbonyl (C=O) groups is 2. The summed E-state index contributed by atoms with van der Waals surface area (Å²) in [5.74, 6) is -0.128. The van der Waals surface area contributed by atoms with E-state index >= 15 is 0 Å². The largest absolute Gasteiger partial charge is 0.399 e. The van der Waals surface area contributed by atoms with Crippen LogP contribution in [-0.4, -0.2) is 38.0 Å². The van der Waals surface area contributed by atoms with Crippen molar-refractivity contribution < 1.29 is 9.59 Å². The minimum atomic E-state index is -0.0909. The van der Waals surface area contributed by atoms with Crippen molar-refractivity contribution in [1.82, 2.24) is 10.6 Å². The van der Waals surface area contributed by atoms with Gasteiger partial charge >= 0.3 is 0 Å². The lowest BCUT2D eigenvalue weighted by Gasteiger charge is -2.31. The van der Waals surface area contributed by atoms with Gasteiger partial charge in [0.25, 0.3) is 0 Å². The number of hydrogen-bond donors (Lipinski definition) is 3. The highest BCUT2D eigenvalue weighted by Gasteiger charge is 2.18. The monoisotopic (exact) mass is 290 g/mol. The number of nitrogen functional groups attached to an aromatic ring is 1. The van der Waals surface area contributed by atoms with Crippen molar-refractivity contribution in [2.24, 2.45) is 0 Å². The Morgan fingerprint density at radius 1 is 1.29 bits per heavy atom. The first-order chi connectivity index (χ1) is 10.1. The van der Waals surface area contributed by atoms with Crippen LogP contribution in [0.1, 0.15) is 18.9 Å². The first-order valence-electron chi connectivity index (χ1n) is 7.21. The van der Waals surface area contributed by atoms with E-state index in [0.717, 1.165) is 30.8 Å². The summed E-state index contributed by atoms with van der Waals surface area (Å²) in [5, 5.41) is 5.45. The van der Waals surface area contributed by atoms with Gasteiger partial charge in [-0.2, -0.15) is 0 Å². The van der Waals surface area contributed by atoms with Crippen LogP contribution in [-0.2, 0) is 16.0 Å². The molecule has 1 aromatic carbocycles. The minimum Gasteiger partial charge on any atom is -0.399 e. The number of amides is 2. The van der Waals surface area contributed by atoms with Gasteiger partial charge in [0.05, 0.1) is 6.54 Å². The molecule has 0 radical (unpaired) electrons. The molecule has 4 N–H and O–H groups in total. The predicted molar refractivity (Wildman–Crippen MR) is 83.1 cm³/mol. The van der Waals surface area contributed by atoms with Crippen LogP contribution >= 0.6 is 0 Å². The molecule has 0 spiro atoms. The second kappa shape index (κ2) is 6.97. The second-order valence-corrected chi connectivity index (χ2v) is 5.25. The van der Waals surface area contributed by atoms with E-state index in [9.17, 15) is 9.59 Å². The van der Waals surface area contributed by atoms with Gasteiger partial charge in [0.15, 0.2) is 0 Å². The standard InChI is InChI=1S/C15H22N4O2/c1-11(20)17-6-7-18-15(21)10-19-8-2-3-12-9-13(16)4-5-14(12)19/h4-5,9H,2-3,6-8,10,16H2,1H3,(H,17,20)(H,18,21). The number of nitrogens with two attached hydrogens (primary N) is 1. The van der Waals surface area contributed by atoms with Crippen LogP contribution in [0.2, 0.25) is 0 Å². The maximum Gasteiger partial charge on any atom is 0.239 e. The Kier molecular flexibility index (Phi) is 5.03. The van der Waals surface area contributed by atoms with Crippen molar-refractivity contribution in [3.05, 3.63) is 23.8 Å². The summed E-state index contributed by atoms with van der Waals surface area (Å²) in [4.78, 5) is 24.7. The molecular weight excluding hydrogens is 268 g/mol. The van der Waals surface area contributed by atoms with E-state index in [2.05, 4.69) is 15.5 Å². The lowest BCUT2D eigenvalue weighted by atomic mass is 10.0. The topological polar surface area (TPSA) is 87.5 Å². The van der Waals surface area contributed by atoms with Gasteiger partial charge in [-0.1, -0.05) is 0 Å². The third kappa shape index (κ3) is 4.37. The normalized spacial score (nSPS) is 13.5. The van der Waals surface area contributed by atoms with Gasteiger partial charge < -0.3 is 21.3 Å². The Bertz CT molecular complexity index is 530. The van der Waals surface area contributed by atoms with Crippen LogP contribution in [0.25, 0.3) is 0 Å².